The van der Waals surface area contributed by atoms with Crippen LogP contribution in [0.3, 0.4) is 0 Å². The fourth-order valence-corrected chi connectivity index (χ4v) is 4.00. The topological polar surface area (TPSA) is 49.4 Å². The summed E-state index contributed by atoms with van der Waals surface area (Å²) in [5.41, 5.74) is 1.07. The van der Waals surface area contributed by atoms with Gasteiger partial charge in [-0.25, -0.2) is 17.1 Å². The first-order valence-corrected chi connectivity index (χ1v) is 9.62. The minimum Gasteiger partial charge on any atom is -0.307 e. The summed E-state index contributed by atoms with van der Waals surface area (Å²) in [6, 6.07) is 7.02. The van der Waals surface area contributed by atoms with Gasteiger partial charge in [0.25, 0.3) is 0 Å². The van der Waals surface area contributed by atoms with Crippen molar-refractivity contribution in [1.82, 2.24) is 9.62 Å². The quantitative estimate of drug-likeness (QED) is 0.904. The second kappa shape index (κ2) is 7.06. The molecule has 3 atom stereocenters. The average Bonchev–Trinajstić information content (AvgIpc) is 2.46. The van der Waals surface area contributed by atoms with Crippen LogP contribution in [-0.4, -0.2) is 38.1 Å². The summed E-state index contributed by atoms with van der Waals surface area (Å²) < 4.78 is 37.9. The van der Waals surface area contributed by atoms with Crippen LogP contribution in [0, 0.1) is 11.7 Å². The lowest BCUT2D eigenvalue weighted by molar-refractivity contribution is 0.206. The van der Waals surface area contributed by atoms with Crippen LogP contribution in [0.25, 0.3) is 0 Å². The molecule has 1 aliphatic rings. The molecule has 22 heavy (non-hydrogen) atoms. The van der Waals surface area contributed by atoms with E-state index >= 15 is 0 Å². The van der Waals surface area contributed by atoms with Gasteiger partial charge in [-0.05, 0) is 36.5 Å². The molecule has 0 spiro atoms. The number of nitrogens with zero attached hydrogens (tertiary/aromatic N) is 1. The molecule has 0 amide bonds. The lowest BCUT2D eigenvalue weighted by Gasteiger charge is -2.38. The molecule has 0 radical (unpaired) electrons. The van der Waals surface area contributed by atoms with E-state index in [2.05, 4.69) is 19.2 Å². The zero-order valence-corrected chi connectivity index (χ0v) is 14.2. The molecule has 0 aliphatic carbocycles. The van der Waals surface area contributed by atoms with Crippen LogP contribution in [0.4, 0.5) is 4.39 Å². The molecule has 1 N–H and O–H groups in total. The van der Waals surface area contributed by atoms with E-state index in [4.69, 9.17) is 0 Å². The third kappa shape index (κ3) is 4.27. The van der Waals surface area contributed by atoms with Gasteiger partial charge in [0.05, 0.1) is 6.26 Å². The largest absolute Gasteiger partial charge is 0.307 e. The van der Waals surface area contributed by atoms with E-state index in [1.807, 2.05) is 12.1 Å². The fraction of sp³-hybridized carbons (Fsp3) is 0.625. The SMILES string of the molecule is CCC(NC1CCN(S(C)(=O)=O)CC1C)c1ccc(F)cc1. The number of hydrogen-bond acceptors (Lipinski definition) is 3. The first-order valence-electron chi connectivity index (χ1n) is 7.78. The third-order valence-electron chi connectivity index (χ3n) is 4.43. The zero-order valence-electron chi connectivity index (χ0n) is 13.4. The number of rotatable bonds is 5. The van der Waals surface area contributed by atoms with Gasteiger partial charge < -0.3 is 5.32 Å². The fourth-order valence-electron chi connectivity index (χ4n) is 3.06. The lowest BCUT2D eigenvalue weighted by Crippen LogP contribution is -2.50. The van der Waals surface area contributed by atoms with Gasteiger partial charge >= 0.3 is 0 Å². The second-order valence-corrected chi connectivity index (χ2v) is 8.15. The summed E-state index contributed by atoms with van der Waals surface area (Å²) in [6.07, 6.45) is 2.97. The summed E-state index contributed by atoms with van der Waals surface area (Å²) in [5.74, 6) is 0.0198. The van der Waals surface area contributed by atoms with E-state index in [-0.39, 0.29) is 23.8 Å². The predicted molar refractivity (Wildman–Crippen MR) is 86.6 cm³/mol. The monoisotopic (exact) mass is 328 g/mol. The van der Waals surface area contributed by atoms with Crippen molar-refractivity contribution in [3.8, 4) is 0 Å². The Kier molecular flexibility index (Phi) is 5.58. The van der Waals surface area contributed by atoms with Gasteiger partial charge in [0, 0.05) is 25.2 Å². The Bertz CT molecular complexity index is 589. The molecule has 0 bridgehead atoms. The van der Waals surface area contributed by atoms with Crippen molar-refractivity contribution in [1.29, 1.82) is 0 Å². The number of hydrogen-bond donors (Lipinski definition) is 1. The highest BCUT2D eigenvalue weighted by molar-refractivity contribution is 7.88. The maximum atomic E-state index is 13.0. The van der Waals surface area contributed by atoms with Gasteiger partial charge in [-0.3, -0.25) is 0 Å². The van der Waals surface area contributed by atoms with E-state index in [9.17, 15) is 12.8 Å². The van der Waals surface area contributed by atoms with Crippen LogP contribution in [0.2, 0.25) is 0 Å². The van der Waals surface area contributed by atoms with Gasteiger partial charge in [-0.2, -0.15) is 0 Å². The van der Waals surface area contributed by atoms with Gasteiger partial charge in [0.1, 0.15) is 5.82 Å². The van der Waals surface area contributed by atoms with Crippen molar-refractivity contribution in [2.75, 3.05) is 19.3 Å². The molecular weight excluding hydrogens is 303 g/mol. The highest BCUT2D eigenvalue weighted by Gasteiger charge is 2.31. The Labute approximate surface area is 132 Å². The molecule has 1 fully saturated rings. The van der Waals surface area contributed by atoms with Gasteiger partial charge in [0.15, 0.2) is 0 Å². The van der Waals surface area contributed by atoms with Crippen LogP contribution in [0.15, 0.2) is 24.3 Å². The molecule has 3 unspecified atom stereocenters. The summed E-state index contributed by atoms with van der Waals surface area (Å²) in [7, 11) is -3.11. The summed E-state index contributed by atoms with van der Waals surface area (Å²) in [6.45, 7) is 5.28. The molecule has 0 saturated carbocycles. The Morgan fingerprint density at radius 1 is 1.36 bits per heavy atom. The molecule has 0 aromatic heterocycles. The Morgan fingerprint density at radius 2 is 2.00 bits per heavy atom. The van der Waals surface area contributed by atoms with Crippen molar-refractivity contribution in [2.24, 2.45) is 5.92 Å². The van der Waals surface area contributed by atoms with Gasteiger partial charge in [0.2, 0.25) is 10.0 Å². The summed E-state index contributed by atoms with van der Waals surface area (Å²) >= 11 is 0. The smallest absolute Gasteiger partial charge is 0.211 e. The Hall–Kier alpha value is -0.980. The summed E-state index contributed by atoms with van der Waals surface area (Å²) in [5, 5.41) is 3.62. The maximum absolute atomic E-state index is 13.0. The number of halogens is 1. The second-order valence-electron chi connectivity index (χ2n) is 6.17. The van der Waals surface area contributed by atoms with E-state index in [1.165, 1.54) is 18.4 Å². The zero-order chi connectivity index (χ0) is 16.3. The predicted octanol–water partition coefficient (Wildman–Crippen LogP) is 2.54. The van der Waals surface area contributed by atoms with Crippen LogP contribution in [0.5, 0.6) is 0 Å². The maximum Gasteiger partial charge on any atom is 0.211 e. The van der Waals surface area contributed by atoms with Crippen LogP contribution in [0.1, 0.15) is 38.3 Å². The first kappa shape index (κ1) is 17.4. The molecular formula is C16H25FN2O2S. The van der Waals surface area contributed by atoms with E-state index in [0.29, 0.717) is 13.1 Å². The number of piperidine rings is 1. The minimum absolute atomic E-state index is 0.165. The van der Waals surface area contributed by atoms with Crippen LogP contribution >= 0.6 is 0 Å². The van der Waals surface area contributed by atoms with Crippen molar-refractivity contribution in [2.45, 2.75) is 38.8 Å². The molecule has 1 aliphatic heterocycles. The normalized spacial score (nSPS) is 25.1. The molecule has 6 heteroatoms. The van der Waals surface area contributed by atoms with Crippen molar-refractivity contribution < 1.29 is 12.8 Å². The lowest BCUT2D eigenvalue weighted by atomic mass is 9.93. The minimum atomic E-state index is -3.11. The molecule has 1 heterocycles. The van der Waals surface area contributed by atoms with Crippen molar-refractivity contribution in [3.63, 3.8) is 0 Å². The van der Waals surface area contributed by atoms with Crippen LogP contribution in [-0.2, 0) is 10.0 Å². The highest BCUT2D eigenvalue weighted by Crippen LogP contribution is 2.24. The molecule has 2 rings (SSSR count). The third-order valence-corrected chi connectivity index (χ3v) is 5.70. The standard InChI is InChI=1S/C16H25FN2O2S/c1-4-15(13-5-7-14(17)8-6-13)18-16-9-10-19(11-12(16)2)22(3,20)21/h5-8,12,15-16,18H,4,9-11H2,1-3H3. The number of sulfonamides is 1. The number of benzene rings is 1. The summed E-state index contributed by atoms with van der Waals surface area (Å²) in [4.78, 5) is 0. The molecule has 4 nitrogen and oxygen atoms in total. The molecule has 124 valence electrons. The van der Waals surface area contributed by atoms with Crippen LogP contribution < -0.4 is 5.32 Å². The van der Waals surface area contributed by atoms with Crippen molar-refractivity contribution in [3.05, 3.63) is 35.6 Å². The number of nitrogens with one attached hydrogen (secondary N) is 1. The Morgan fingerprint density at radius 3 is 2.50 bits per heavy atom. The highest BCUT2D eigenvalue weighted by atomic mass is 32.2. The van der Waals surface area contributed by atoms with E-state index in [1.54, 1.807) is 4.31 Å². The first-order chi connectivity index (χ1) is 10.3. The molecule has 1 aromatic carbocycles. The van der Waals surface area contributed by atoms with E-state index < -0.39 is 10.0 Å². The van der Waals surface area contributed by atoms with E-state index in [0.717, 1.165) is 18.4 Å². The molecule has 1 saturated heterocycles. The van der Waals surface area contributed by atoms with Gasteiger partial charge in [-0.1, -0.05) is 26.0 Å². The van der Waals surface area contributed by atoms with Crippen molar-refractivity contribution >= 4 is 10.0 Å². The molecule has 1 aromatic rings. The Balaban J connectivity index is 2.02. The average molecular weight is 328 g/mol. The van der Waals surface area contributed by atoms with Gasteiger partial charge in [-0.15, -0.1) is 0 Å².